The quantitative estimate of drug-likeness (QED) is 0.210. The van der Waals surface area contributed by atoms with Gasteiger partial charge in [-0.2, -0.15) is 0 Å². The molecule has 1 heterocycles. The van der Waals surface area contributed by atoms with Gasteiger partial charge in [0.1, 0.15) is 18.8 Å². The molecular weight excluding hydrogens is 354 g/mol. The zero-order valence-corrected chi connectivity index (χ0v) is 14.6. The van der Waals surface area contributed by atoms with Crippen LogP contribution in [0.5, 0.6) is 0 Å². The van der Waals surface area contributed by atoms with Crippen molar-refractivity contribution in [1.29, 1.82) is 0 Å². The molecule has 144 valence electrons. The lowest BCUT2D eigenvalue weighted by Crippen LogP contribution is -2.61. The SMILES string of the molecule is CC(=O)OCC1O[C@H](OC(C)=O)C(OC(C)=O)C(OC(C)=O)[C@H]1N=[N+]=[N-]. The molecule has 0 saturated carbocycles. The highest BCUT2D eigenvalue weighted by atomic mass is 16.7. The summed E-state index contributed by atoms with van der Waals surface area (Å²) in [7, 11) is 0. The van der Waals surface area contributed by atoms with Crippen molar-refractivity contribution in [3.63, 3.8) is 0 Å². The number of carbonyl (C=O) groups excluding carboxylic acids is 4. The van der Waals surface area contributed by atoms with E-state index in [4.69, 9.17) is 29.2 Å². The van der Waals surface area contributed by atoms with Crippen molar-refractivity contribution in [2.24, 2.45) is 5.11 Å². The van der Waals surface area contributed by atoms with Crippen LogP contribution >= 0.6 is 0 Å². The Morgan fingerprint density at radius 1 is 0.923 bits per heavy atom. The van der Waals surface area contributed by atoms with Crippen molar-refractivity contribution >= 4 is 23.9 Å². The lowest BCUT2D eigenvalue weighted by molar-refractivity contribution is -0.276. The zero-order chi connectivity index (χ0) is 19.9. The van der Waals surface area contributed by atoms with Crippen molar-refractivity contribution in [3.8, 4) is 0 Å². The summed E-state index contributed by atoms with van der Waals surface area (Å²) in [6.07, 6.45) is -5.29. The van der Waals surface area contributed by atoms with Gasteiger partial charge in [0.2, 0.25) is 12.4 Å². The van der Waals surface area contributed by atoms with Crippen molar-refractivity contribution in [3.05, 3.63) is 10.4 Å². The molecule has 0 N–H and O–H groups in total. The maximum Gasteiger partial charge on any atom is 0.305 e. The molecule has 26 heavy (non-hydrogen) atoms. The molecule has 0 bridgehead atoms. The monoisotopic (exact) mass is 373 g/mol. The Kier molecular flexibility index (Phi) is 7.81. The number of azide groups is 1. The van der Waals surface area contributed by atoms with Crippen LogP contribution in [0.1, 0.15) is 27.7 Å². The second kappa shape index (κ2) is 9.59. The standard InChI is InChI=1S/C14H19N3O9/c1-6(18)22-5-10-11(16-17-15)12(23-7(2)19)13(24-8(3)20)14(26-10)25-9(4)21/h10-14H,5H2,1-4H3/t10?,11-,12?,13?,14-/m0/s1. The molecule has 1 rings (SSSR count). The number of hydrogen-bond acceptors (Lipinski definition) is 10. The lowest BCUT2D eigenvalue weighted by atomic mass is 9.96. The number of rotatable bonds is 6. The third kappa shape index (κ3) is 6.22. The smallest absolute Gasteiger partial charge is 0.305 e. The van der Waals surface area contributed by atoms with Gasteiger partial charge in [0.15, 0.2) is 6.10 Å². The van der Waals surface area contributed by atoms with E-state index >= 15 is 0 Å². The Morgan fingerprint density at radius 2 is 1.46 bits per heavy atom. The normalized spacial score (nSPS) is 27.5. The van der Waals surface area contributed by atoms with E-state index in [1.165, 1.54) is 0 Å². The molecule has 5 atom stereocenters. The van der Waals surface area contributed by atoms with Gasteiger partial charge in [0.05, 0.1) is 0 Å². The van der Waals surface area contributed by atoms with Crippen LogP contribution in [-0.4, -0.2) is 61.1 Å². The number of carbonyl (C=O) groups is 4. The predicted molar refractivity (Wildman–Crippen MR) is 81.1 cm³/mol. The van der Waals surface area contributed by atoms with E-state index in [1.807, 2.05) is 0 Å². The van der Waals surface area contributed by atoms with E-state index in [1.54, 1.807) is 0 Å². The van der Waals surface area contributed by atoms with E-state index in [0.29, 0.717) is 0 Å². The van der Waals surface area contributed by atoms with Crippen LogP contribution in [0.15, 0.2) is 5.11 Å². The predicted octanol–water partition coefficient (Wildman–Crippen LogP) is 0.380. The first-order valence-electron chi connectivity index (χ1n) is 7.50. The fourth-order valence-electron chi connectivity index (χ4n) is 2.33. The number of hydrogen-bond donors (Lipinski definition) is 0. The molecule has 1 aliphatic rings. The number of nitrogens with zero attached hydrogens (tertiary/aromatic N) is 3. The van der Waals surface area contributed by atoms with Crippen LogP contribution < -0.4 is 0 Å². The Labute approximate surface area is 148 Å². The van der Waals surface area contributed by atoms with Crippen molar-refractivity contribution in [2.75, 3.05) is 6.61 Å². The van der Waals surface area contributed by atoms with Crippen LogP contribution in [-0.2, 0) is 42.9 Å². The molecule has 3 unspecified atom stereocenters. The molecule has 0 aromatic carbocycles. The molecule has 0 amide bonds. The van der Waals surface area contributed by atoms with Gasteiger partial charge in [0.25, 0.3) is 0 Å². The zero-order valence-electron chi connectivity index (χ0n) is 14.6. The minimum Gasteiger partial charge on any atom is -0.463 e. The van der Waals surface area contributed by atoms with Gasteiger partial charge in [-0.25, -0.2) is 0 Å². The van der Waals surface area contributed by atoms with Crippen LogP contribution in [0.2, 0.25) is 0 Å². The summed E-state index contributed by atoms with van der Waals surface area (Å²) in [6.45, 7) is 4.05. The van der Waals surface area contributed by atoms with Gasteiger partial charge < -0.3 is 23.7 Å². The molecule has 12 nitrogen and oxygen atoms in total. The first-order chi connectivity index (χ1) is 12.1. The molecule has 0 aromatic rings. The molecule has 0 aromatic heterocycles. The van der Waals surface area contributed by atoms with Gasteiger partial charge >= 0.3 is 23.9 Å². The Bertz CT molecular complexity index is 617. The molecular formula is C14H19N3O9. The minimum atomic E-state index is -1.47. The topological polar surface area (TPSA) is 163 Å². The van der Waals surface area contributed by atoms with E-state index in [0.717, 1.165) is 27.7 Å². The van der Waals surface area contributed by atoms with Crippen LogP contribution in [0.25, 0.3) is 10.4 Å². The highest BCUT2D eigenvalue weighted by Gasteiger charge is 2.51. The Balaban J connectivity index is 3.27. The highest BCUT2D eigenvalue weighted by Crippen LogP contribution is 2.29. The molecule has 1 aliphatic heterocycles. The van der Waals surface area contributed by atoms with Crippen molar-refractivity contribution < 1.29 is 42.9 Å². The van der Waals surface area contributed by atoms with Crippen LogP contribution in [0, 0.1) is 0 Å². The number of esters is 4. The summed E-state index contributed by atoms with van der Waals surface area (Å²) < 4.78 is 25.5. The molecule has 0 aliphatic carbocycles. The maximum absolute atomic E-state index is 11.5. The van der Waals surface area contributed by atoms with Crippen molar-refractivity contribution in [2.45, 2.75) is 58.3 Å². The second-order valence-electron chi connectivity index (χ2n) is 5.30. The average Bonchev–Trinajstić information content (AvgIpc) is 2.50. The van der Waals surface area contributed by atoms with E-state index in [2.05, 4.69) is 10.0 Å². The largest absolute Gasteiger partial charge is 0.463 e. The minimum absolute atomic E-state index is 0.374. The first-order valence-corrected chi connectivity index (χ1v) is 7.50. The fourth-order valence-corrected chi connectivity index (χ4v) is 2.33. The second-order valence-corrected chi connectivity index (χ2v) is 5.30. The molecule has 1 saturated heterocycles. The van der Waals surface area contributed by atoms with E-state index < -0.39 is 54.5 Å². The third-order valence-corrected chi connectivity index (χ3v) is 3.14. The summed E-state index contributed by atoms with van der Waals surface area (Å²) in [5.74, 6) is -2.93. The van der Waals surface area contributed by atoms with Crippen molar-refractivity contribution in [1.82, 2.24) is 0 Å². The van der Waals surface area contributed by atoms with Gasteiger partial charge in [-0.3, -0.25) is 19.2 Å². The molecule has 0 radical (unpaired) electrons. The van der Waals surface area contributed by atoms with Gasteiger partial charge in [0, 0.05) is 32.6 Å². The maximum atomic E-state index is 11.5. The molecule has 0 spiro atoms. The van der Waals surface area contributed by atoms with Gasteiger partial charge in [-0.15, -0.1) is 0 Å². The van der Waals surface area contributed by atoms with Crippen LogP contribution in [0.4, 0.5) is 0 Å². The Hall–Kier alpha value is -2.85. The van der Waals surface area contributed by atoms with E-state index in [-0.39, 0.29) is 6.61 Å². The molecule has 1 fully saturated rings. The summed E-state index contributed by atoms with van der Waals surface area (Å²) in [6, 6.07) is -1.21. The molecule has 12 heteroatoms. The first kappa shape index (κ1) is 21.2. The summed E-state index contributed by atoms with van der Waals surface area (Å²) in [5.41, 5.74) is 8.81. The summed E-state index contributed by atoms with van der Waals surface area (Å²) >= 11 is 0. The summed E-state index contributed by atoms with van der Waals surface area (Å²) in [4.78, 5) is 47.9. The number of ether oxygens (including phenoxy) is 5. The van der Waals surface area contributed by atoms with Gasteiger partial charge in [-0.05, 0) is 5.53 Å². The third-order valence-electron chi connectivity index (χ3n) is 3.14. The van der Waals surface area contributed by atoms with Crippen LogP contribution in [0.3, 0.4) is 0 Å². The fraction of sp³-hybridized carbons (Fsp3) is 0.714. The van der Waals surface area contributed by atoms with E-state index in [9.17, 15) is 19.2 Å². The summed E-state index contributed by atoms with van der Waals surface area (Å²) in [5, 5.41) is 3.50. The average molecular weight is 373 g/mol. The van der Waals surface area contributed by atoms with Gasteiger partial charge in [-0.1, -0.05) is 5.11 Å². The lowest BCUT2D eigenvalue weighted by Gasteiger charge is -2.42. The Morgan fingerprint density at radius 3 is 1.92 bits per heavy atom. The highest BCUT2D eigenvalue weighted by molar-refractivity contribution is 5.68.